The third kappa shape index (κ3) is 3.76. The number of anilines is 1. The van der Waals surface area contributed by atoms with Crippen LogP contribution in [0.15, 0.2) is 12.1 Å². The van der Waals surface area contributed by atoms with Crippen molar-refractivity contribution in [1.29, 1.82) is 0 Å². The maximum Gasteiger partial charge on any atom is 0.319 e. The number of carbonyl (C=O) groups is 1. The first-order valence-corrected chi connectivity index (χ1v) is 5.19. The van der Waals surface area contributed by atoms with Gasteiger partial charge in [0, 0.05) is 11.4 Å². The van der Waals surface area contributed by atoms with E-state index in [-0.39, 0.29) is 12.6 Å². The van der Waals surface area contributed by atoms with Gasteiger partial charge in [-0.05, 0) is 26.0 Å². The van der Waals surface area contributed by atoms with Crippen molar-refractivity contribution in [3.05, 3.63) is 17.0 Å². The average Bonchev–Trinajstić information content (AvgIpc) is 2.48. The lowest BCUT2D eigenvalue weighted by Gasteiger charge is -2.07. The molecule has 0 aliphatic heterocycles. The molecule has 0 aromatic carbocycles. The number of hydrogen-bond donors (Lipinski definition) is 3. The number of amides is 2. The summed E-state index contributed by atoms with van der Waals surface area (Å²) in [6, 6.07) is 3.50. The van der Waals surface area contributed by atoms with Crippen LogP contribution in [-0.4, -0.2) is 23.8 Å². The predicted molar refractivity (Wildman–Crippen MR) is 57.8 cm³/mol. The van der Waals surface area contributed by atoms with Crippen LogP contribution in [0, 0.1) is 6.92 Å². The van der Waals surface area contributed by atoms with Crippen LogP contribution in [0.2, 0.25) is 0 Å². The molecule has 4 nitrogen and oxygen atoms in total. The molecule has 2 amide bonds. The Hall–Kier alpha value is -1.07. The number of urea groups is 1. The lowest BCUT2D eigenvalue weighted by molar-refractivity contribution is 0.190. The summed E-state index contributed by atoms with van der Waals surface area (Å²) in [6.07, 6.45) is -0.522. The van der Waals surface area contributed by atoms with Crippen molar-refractivity contribution in [3.63, 3.8) is 0 Å². The topological polar surface area (TPSA) is 61.4 Å². The Morgan fingerprint density at radius 3 is 2.86 bits per heavy atom. The van der Waals surface area contributed by atoms with E-state index in [4.69, 9.17) is 5.11 Å². The Balaban J connectivity index is 2.34. The lowest BCUT2D eigenvalue weighted by Crippen LogP contribution is -2.33. The van der Waals surface area contributed by atoms with E-state index < -0.39 is 6.10 Å². The molecule has 3 N–H and O–H groups in total. The summed E-state index contributed by atoms with van der Waals surface area (Å²) in [6.45, 7) is 3.86. The minimum absolute atomic E-state index is 0.260. The largest absolute Gasteiger partial charge is 0.392 e. The highest BCUT2D eigenvalue weighted by Crippen LogP contribution is 2.20. The maximum absolute atomic E-state index is 11.2. The molecule has 78 valence electrons. The van der Waals surface area contributed by atoms with Gasteiger partial charge in [-0.2, -0.15) is 0 Å². The number of aliphatic hydroxyl groups excluding tert-OH is 1. The zero-order chi connectivity index (χ0) is 10.6. The van der Waals surface area contributed by atoms with E-state index in [1.54, 1.807) is 6.92 Å². The molecule has 5 heteroatoms. The fourth-order valence-electron chi connectivity index (χ4n) is 0.898. The van der Waals surface area contributed by atoms with Crippen molar-refractivity contribution in [2.75, 3.05) is 11.9 Å². The molecule has 0 radical (unpaired) electrons. The van der Waals surface area contributed by atoms with E-state index in [9.17, 15) is 4.79 Å². The Labute approximate surface area is 87.0 Å². The van der Waals surface area contributed by atoms with E-state index in [1.807, 2.05) is 19.1 Å². The van der Waals surface area contributed by atoms with E-state index in [0.29, 0.717) is 0 Å². The van der Waals surface area contributed by atoms with E-state index in [2.05, 4.69) is 10.6 Å². The zero-order valence-corrected chi connectivity index (χ0v) is 9.02. The van der Waals surface area contributed by atoms with Crippen LogP contribution in [0.4, 0.5) is 9.80 Å². The van der Waals surface area contributed by atoms with Gasteiger partial charge in [-0.1, -0.05) is 0 Å². The van der Waals surface area contributed by atoms with Crippen molar-refractivity contribution < 1.29 is 9.90 Å². The van der Waals surface area contributed by atoms with Crippen molar-refractivity contribution >= 4 is 22.4 Å². The van der Waals surface area contributed by atoms with Gasteiger partial charge in [0.15, 0.2) is 0 Å². The fraction of sp³-hybridized carbons (Fsp3) is 0.444. The standard InChI is InChI=1S/C9H14N2O2S/c1-6(12)5-10-9(13)11-8-4-3-7(2)14-8/h3-4,6,12H,5H2,1-2H3,(H2,10,11,13). The fourth-order valence-corrected chi connectivity index (χ4v) is 1.66. The number of aliphatic hydroxyl groups is 1. The minimum Gasteiger partial charge on any atom is -0.392 e. The number of thiophene rings is 1. The summed E-state index contributed by atoms with van der Waals surface area (Å²) in [7, 11) is 0. The number of nitrogens with one attached hydrogen (secondary N) is 2. The Bertz CT molecular complexity index is 310. The van der Waals surface area contributed by atoms with Crippen LogP contribution in [0.1, 0.15) is 11.8 Å². The molecule has 14 heavy (non-hydrogen) atoms. The molecule has 1 atom stereocenters. The molecular weight excluding hydrogens is 200 g/mol. The van der Waals surface area contributed by atoms with Crippen molar-refractivity contribution in [1.82, 2.24) is 5.32 Å². The van der Waals surface area contributed by atoms with Crippen LogP contribution in [0.5, 0.6) is 0 Å². The van der Waals surface area contributed by atoms with Gasteiger partial charge in [0.25, 0.3) is 0 Å². The van der Waals surface area contributed by atoms with Gasteiger partial charge in [0.2, 0.25) is 0 Å². The van der Waals surface area contributed by atoms with Crippen LogP contribution >= 0.6 is 11.3 Å². The summed E-state index contributed by atoms with van der Waals surface area (Å²) in [5.41, 5.74) is 0. The number of carbonyl (C=O) groups excluding carboxylic acids is 1. The summed E-state index contributed by atoms with van der Waals surface area (Å²) in [5, 5.41) is 15.0. The third-order valence-corrected chi connectivity index (χ3v) is 2.45. The molecule has 1 aromatic heterocycles. The molecule has 0 fully saturated rings. The molecule has 0 bridgehead atoms. The molecule has 0 spiro atoms. The molecule has 0 saturated carbocycles. The molecule has 1 unspecified atom stereocenters. The van der Waals surface area contributed by atoms with Crippen LogP contribution in [0.25, 0.3) is 0 Å². The van der Waals surface area contributed by atoms with E-state index in [0.717, 1.165) is 9.88 Å². The van der Waals surface area contributed by atoms with Gasteiger partial charge in [-0.25, -0.2) is 4.79 Å². The van der Waals surface area contributed by atoms with Gasteiger partial charge in [0.05, 0.1) is 11.1 Å². The molecule has 1 rings (SSSR count). The zero-order valence-electron chi connectivity index (χ0n) is 8.20. The highest BCUT2D eigenvalue weighted by atomic mass is 32.1. The Morgan fingerprint density at radius 1 is 1.64 bits per heavy atom. The SMILES string of the molecule is Cc1ccc(NC(=O)NCC(C)O)s1. The molecule has 0 saturated heterocycles. The monoisotopic (exact) mass is 214 g/mol. The van der Waals surface area contributed by atoms with Gasteiger partial charge in [-0.15, -0.1) is 11.3 Å². The summed E-state index contributed by atoms with van der Waals surface area (Å²) >= 11 is 1.52. The number of hydrogen-bond acceptors (Lipinski definition) is 3. The van der Waals surface area contributed by atoms with Crippen molar-refractivity contribution in [2.24, 2.45) is 0 Å². The number of aryl methyl sites for hydroxylation is 1. The second kappa shape index (κ2) is 4.97. The van der Waals surface area contributed by atoms with Gasteiger partial charge in [-0.3, -0.25) is 5.32 Å². The number of rotatable bonds is 3. The quantitative estimate of drug-likeness (QED) is 0.715. The summed E-state index contributed by atoms with van der Waals surface area (Å²) < 4.78 is 0. The Morgan fingerprint density at radius 2 is 2.36 bits per heavy atom. The predicted octanol–water partition coefficient (Wildman–Crippen LogP) is 1.56. The molecular formula is C9H14N2O2S. The normalized spacial score (nSPS) is 12.2. The van der Waals surface area contributed by atoms with Gasteiger partial charge in [0.1, 0.15) is 0 Å². The van der Waals surface area contributed by atoms with Gasteiger partial charge < -0.3 is 10.4 Å². The summed E-state index contributed by atoms with van der Waals surface area (Å²) in [5.74, 6) is 0. The summed E-state index contributed by atoms with van der Waals surface area (Å²) in [4.78, 5) is 12.3. The van der Waals surface area contributed by atoms with Crippen molar-refractivity contribution in [3.8, 4) is 0 Å². The lowest BCUT2D eigenvalue weighted by atomic mass is 10.4. The van der Waals surface area contributed by atoms with Gasteiger partial charge >= 0.3 is 6.03 Å². The van der Waals surface area contributed by atoms with E-state index >= 15 is 0 Å². The van der Waals surface area contributed by atoms with E-state index in [1.165, 1.54) is 11.3 Å². The van der Waals surface area contributed by atoms with Crippen LogP contribution < -0.4 is 10.6 Å². The molecule has 0 aliphatic carbocycles. The first kappa shape index (κ1) is 11.0. The molecule has 1 heterocycles. The average molecular weight is 214 g/mol. The second-order valence-electron chi connectivity index (χ2n) is 3.09. The maximum atomic E-state index is 11.2. The highest BCUT2D eigenvalue weighted by Gasteiger charge is 2.03. The molecule has 1 aromatic rings. The Kier molecular flexibility index (Phi) is 3.91. The highest BCUT2D eigenvalue weighted by molar-refractivity contribution is 7.16. The second-order valence-corrected chi connectivity index (χ2v) is 4.38. The molecule has 0 aliphatic rings. The third-order valence-electron chi connectivity index (χ3n) is 1.54. The first-order chi connectivity index (χ1) is 6.58. The van der Waals surface area contributed by atoms with Crippen molar-refractivity contribution in [2.45, 2.75) is 20.0 Å². The smallest absolute Gasteiger partial charge is 0.319 e. The van der Waals surface area contributed by atoms with Crippen LogP contribution in [-0.2, 0) is 0 Å². The van der Waals surface area contributed by atoms with Crippen LogP contribution in [0.3, 0.4) is 0 Å². The first-order valence-electron chi connectivity index (χ1n) is 4.37. The minimum atomic E-state index is -0.522.